The van der Waals surface area contributed by atoms with Gasteiger partial charge >= 0.3 is 0 Å². The normalized spacial score (nSPS) is 15.4. The number of methoxy groups -OCH3 is 1. The first-order chi connectivity index (χ1) is 15.9. The van der Waals surface area contributed by atoms with Crippen molar-refractivity contribution in [3.8, 4) is 5.75 Å². The number of rotatable bonds is 6. The van der Waals surface area contributed by atoms with E-state index in [0.29, 0.717) is 32.0 Å². The average molecular weight is 468 g/mol. The quantitative estimate of drug-likeness (QED) is 0.444. The summed E-state index contributed by atoms with van der Waals surface area (Å²) in [6.45, 7) is 3.09. The van der Waals surface area contributed by atoms with E-state index in [1.54, 1.807) is 26.2 Å². The number of nitrogens with zero attached hydrogens (tertiary/aromatic N) is 2. The standard InChI is InChI=1S/C24H25N3O5S/c1-17(18-6-7-20-15-22(31-2)9-8-19(20)14-18)25-26-24(28)21-4-3-5-23(16-21)33(29,30)27-10-12-32-13-11-27/h3-9,14-16H,10-13H2,1-2H3,(H,26,28). The minimum Gasteiger partial charge on any atom is -0.497 e. The van der Waals surface area contributed by atoms with E-state index in [-0.39, 0.29) is 10.5 Å². The zero-order valence-corrected chi connectivity index (χ0v) is 19.3. The summed E-state index contributed by atoms with van der Waals surface area (Å²) in [4.78, 5) is 12.7. The van der Waals surface area contributed by atoms with Crippen LogP contribution in [0, 0.1) is 0 Å². The summed E-state index contributed by atoms with van der Waals surface area (Å²) in [5, 5.41) is 6.27. The summed E-state index contributed by atoms with van der Waals surface area (Å²) < 4.78 is 37.6. The first kappa shape index (κ1) is 22.9. The Morgan fingerprint density at radius 2 is 1.73 bits per heavy atom. The van der Waals surface area contributed by atoms with E-state index in [9.17, 15) is 13.2 Å². The van der Waals surface area contributed by atoms with Crippen LogP contribution in [0.2, 0.25) is 0 Å². The van der Waals surface area contributed by atoms with Gasteiger partial charge in [-0.25, -0.2) is 13.8 Å². The first-order valence-corrected chi connectivity index (χ1v) is 11.9. The fourth-order valence-corrected chi connectivity index (χ4v) is 5.03. The van der Waals surface area contributed by atoms with Gasteiger partial charge in [-0.05, 0) is 59.7 Å². The maximum absolute atomic E-state index is 12.9. The first-order valence-electron chi connectivity index (χ1n) is 10.5. The highest BCUT2D eigenvalue weighted by molar-refractivity contribution is 7.89. The van der Waals surface area contributed by atoms with Crippen LogP contribution in [0.5, 0.6) is 5.75 Å². The van der Waals surface area contributed by atoms with Crippen LogP contribution >= 0.6 is 0 Å². The summed E-state index contributed by atoms with van der Waals surface area (Å²) in [5.41, 5.74) is 4.22. The molecular weight excluding hydrogens is 442 g/mol. The third-order valence-corrected chi connectivity index (χ3v) is 7.39. The number of nitrogens with one attached hydrogen (secondary N) is 1. The molecule has 3 aromatic carbocycles. The fourth-order valence-electron chi connectivity index (χ4n) is 3.57. The molecule has 1 heterocycles. The van der Waals surface area contributed by atoms with Crippen molar-refractivity contribution in [2.75, 3.05) is 33.4 Å². The van der Waals surface area contributed by atoms with E-state index >= 15 is 0 Å². The lowest BCUT2D eigenvalue weighted by Crippen LogP contribution is -2.40. The van der Waals surface area contributed by atoms with E-state index < -0.39 is 15.9 Å². The molecule has 1 fully saturated rings. The Bertz CT molecular complexity index is 1310. The Labute approximate surface area is 192 Å². The van der Waals surface area contributed by atoms with Crippen molar-refractivity contribution in [1.82, 2.24) is 9.73 Å². The van der Waals surface area contributed by atoms with E-state index in [4.69, 9.17) is 9.47 Å². The zero-order chi connectivity index (χ0) is 23.4. The highest BCUT2D eigenvalue weighted by atomic mass is 32.2. The Hall–Kier alpha value is -3.27. The van der Waals surface area contributed by atoms with Crippen molar-refractivity contribution >= 4 is 32.4 Å². The smallest absolute Gasteiger partial charge is 0.271 e. The summed E-state index contributed by atoms with van der Waals surface area (Å²) in [7, 11) is -2.06. The van der Waals surface area contributed by atoms with Crippen molar-refractivity contribution < 1.29 is 22.7 Å². The Kier molecular flexibility index (Phi) is 6.73. The van der Waals surface area contributed by atoms with Crippen LogP contribution in [0.15, 0.2) is 70.7 Å². The molecule has 0 radical (unpaired) electrons. The Morgan fingerprint density at radius 3 is 2.48 bits per heavy atom. The van der Waals surface area contributed by atoms with Gasteiger partial charge in [-0.3, -0.25) is 4.79 Å². The number of hydrogen-bond acceptors (Lipinski definition) is 6. The molecule has 0 unspecified atom stereocenters. The zero-order valence-electron chi connectivity index (χ0n) is 18.4. The monoisotopic (exact) mass is 467 g/mol. The maximum Gasteiger partial charge on any atom is 0.271 e. The van der Waals surface area contributed by atoms with Gasteiger partial charge < -0.3 is 9.47 Å². The molecule has 33 heavy (non-hydrogen) atoms. The van der Waals surface area contributed by atoms with E-state index in [1.165, 1.54) is 16.4 Å². The van der Waals surface area contributed by atoms with Crippen LogP contribution in [-0.2, 0) is 14.8 Å². The van der Waals surface area contributed by atoms with Crippen molar-refractivity contribution in [3.05, 3.63) is 71.8 Å². The van der Waals surface area contributed by atoms with Crippen molar-refractivity contribution in [3.63, 3.8) is 0 Å². The summed E-state index contributed by atoms with van der Waals surface area (Å²) in [5.74, 6) is 0.296. The van der Waals surface area contributed by atoms with Crippen LogP contribution in [0.1, 0.15) is 22.8 Å². The molecular formula is C24H25N3O5S. The van der Waals surface area contributed by atoms with Gasteiger partial charge in [0.25, 0.3) is 5.91 Å². The van der Waals surface area contributed by atoms with Gasteiger partial charge in [-0.15, -0.1) is 0 Å². The topological polar surface area (TPSA) is 97.3 Å². The highest BCUT2D eigenvalue weighted by Gasteiger charge is 2.26. The minimum atomic E-state index is -3.69. The molecule has 4 rings (SSSR count). The lowest BCUT2D eigenvalue weighted by atomic mass is 10.0. The summed E-state index contributed by atoms with van der Waals surface area (Å²) in [6.07, 6.45) is 0. The predicted octanol–water partition coefficient (Wildman–Crippen LogP) is 3.02. The molecule has 1 N–H and O–H groups in total. The third-order valence-electron chi connectivity index (χ3n) is 5.49. The number of amides is 1. The molecule has 0 atom stereocenters. The van der Waals surface area contributed by atoms with Crippen LogP contribution < -0.4 is 10.2 Å². The molecule has 0 bridgehead atoms. The summed E-state index contributed by atoms with van der Waals surface area (Å²) >= 11 is 0. The number of carbonyl (C=O) groups is 1. The SMILES string of the molecule is COc1ccc2cc(C(C)=NNC(=O)c3cccc(S(=O)(=O)N4CCOCC4)c3)ccc2c1. The maximum atomic E-state index is 12.9. The molecule has 0 saturated carbocycles. The second-order valence-corrected chi connectivity index (χ2v) is 9.55. The number of ether oxygens (including phenoxy) is 2. The number of fused-ring (bicyclic) bond motifs is 1. The Morgan fingerprint density at radius 1 is 1.00 bits per heavy atom. The van der Waals surface area contributed by atoms with Gasteiger partial charge in [-0.2, -0.15) is 9.41 Å². The second-order valence-electron chi connectivity index (χ2n) is 7.61. The average Bonchev–Trinajstić information content (AvgIpc) is 2.87. The molecule has 1 aliphatic rings. The van der Waals surface area contributed by atoms with E-state index in [0.717, 1.165) is 22.1 Å². The third kappa shape index (κ3) is 5.05. The lowest BCUT2D eigenvalue weighted by Gasteiger charge is -2.26. The van der Waals surface area contributed by atoms with Crippen LogP contribution in [0.3, 0.4) is 0 Å². The molecule has 0 aromatic heterocycles. The second kappa shape index (κ2) is 9.70. The predicted molar refractivity (Wildman–Crippen MR) is 126 cm³/mol. The molecule has 9 heteroatoms. The molecule has 8 nitrogen and oxygen atoms in total. The summed E-state index contributed by atoms with van der Waals surface area (Å²) in [6, 6.07) is 17.6. The van der Waals surface area contributed by atoms with Gasteiger partial charge in [0.2, 0.25) is 10.0 Å². The Balaban J connectivity index is 1.50. The number of benzene rings is 3. The van der Waals surface area contributed by atoms with Gasteiger partial charge in [-0.1, -0.05) is 24.3 Å². The van der Waals surface area contributed by atoms with Gasteiger partial charge in [0.15, 0.2) is 0 Å². The number of hydrazone groups is 1. The van der Waals surface area contributed by atoms with Crippen molar-refractivity contribution in [2.45, 2.75) is 11.8 Å². The van der Waals surface area contributed by atoms with Gasteiger partial charge in [0.1, 0.15) is 5.75 Å². The van der Waals surface area contributed by atoms with Crippen LogP contribution in [-0.4, -0.2) is 57.8 Å². The number of carbonyl (C=O) groups excluding carboxylic acids is 1. The van der Waals surface area contributed by atoms with E-state index in [2.05, 4.69) is 10.5 Å². The molecule has 3 aromatic rings. The van der Waals surface area contributed by atoms with Crippen LogP contribution in [0.4, 0.5) is 0 Å². The molecule has 0 aliphatic carbocycles. The number of morpholine rings is 1. The molecule has 1 aliphatic heterocycles. The van der Waals surface area contributed by atoms with Crippen molar-refractivity contribution in [1.29, 1.82) is 0 Å². The fraction of sp³-hybridized carbons (Fsp3) is 0.250. The van der Waals surface area contributed by atoms with Crippen LogP contribution in [0.25, 0.3) is 10.8 Å². The van der Waals surface area contributed by atoms with Crippen molar-refractivity contribution in [2.24, 2.45) is 5.10 Å². The minimum absolute atomic E-state index is 0.0720. The number of hydrogen-bond donors (Lipinski definition) is 1. The van der Waals surface area contributed by atoms with Gasteiger partial charge in [0, 0.05) is 18.7 Å². The molecule has 172 valence electrons. The highest BCUT2D eigenvalue weighted by Crippen LogP contribution is 2.22. The van der Waals surface area contributed by atoms with E-state index in [1.807, 2.05) is 36.4 Å². The van der Waals surface area contributed by atoms with Gasteiger partial charge in [0.05, 0.1) is 30.9 Å². The largest absolute Gasteiger partial charge is 0.497 e. The lowest BCUT2D eigenvalue weighted by molar-refractivity contribution is 0.0730. The molecule has 0 spiro atoms. The molecule has 1 amide bonds. The molecule has 1 saturated heterocycles. The number of sulfonamides is 1.